The number of rotatable bonds is 16. The van der Waals surface area contributed by atoms with Gasteiger partial charge < -0.3 is 41.0 Å². The number of nitrogens with two attached hydrogens (primary N) is 1. The number of primary amides is 1. The third kappa shape index (κ3) is 10.8. The molecule has 186 valence electrons. The standard InChI is InChI=1S/C17H33N3O10P2/c1-2-3-4-5-6-8-15(22)20-13(9-10-14(18)21)16(23)19-12-7-11-17(24,31(25,26)27)32(28,29)30/h6,8,13,24H,2-5,7,9-12H2,1H3,(H2,18,21)(H,19,23)(H,20,22)(H2,25,26,27)(H2,28,29,30)/b8-6+. The van der Waals surface area contributed by atoms with E-state index >= 15 is 0 Å². The van der Waals surface area contributed by atoms with Crippen LogP contribution < -0.4 is 16.4 Å². The van der Waals surface area contributed by atoms with Gasteiger partial charge in [0.1, 0.15) is 6.04 Å². The summed E-state index contributed by atoms with van der Waals surface area (Å²) in [6.45, 7) is 1.72. The van der Waals surface area contributed by atoms with E-state index in [0.29, 0.717) is 6.42 Å². The van der Waals surface area contributed by atoms with Gasteiger partial charge in [0.2, 0.25) is 17.7 Å². The summed E-state index contributed by atoms with van der Waals surface area (Å²) >= 11 is 0. The van der Waals surface area contributed by atoms with E-state index in [2.05, 4.69) is 10.6 Å². The van der Waals surface area contributed by atoms with E-state index in [1.165, 1.54) is 6.08 Å². The molecule has 0 aromatic rings. The molecule has 0 rings (SSSR count). The lowest BCUT2D eigenvalue weighted by Gasteiger charge is -2.29. The lowest BCUT2D eigenvalue weighted by atomic mass is 10.1. The van der Waals surface area contributed by atoms with E-state index in [0.717, 1.165) is 19.3 Å². The maximum atomic E-state index is 12.4. The number of unbranched alkanes of at least 4 members (excludes halogenated alkanes) is 3. The molecule has 0 aliphatic heterocycles. The first kappa shape index (κ1) is 30.4. The quantitative estimate of drug-likeness (QED) is 0.0785. The van der Waals surface area contributed by atoms with Crippen molar-refractivity contribution < 1.29 is 48.2 Å². The molecule has 0 heterocycles. The SMILES string of the molecule is CCCCC/C=C/C(=O)NC(CCC(N)=O)C(=O)NCCCC(O)(P(=O)(O)O)P(=O)(O)O. The van der Waals surface area contributed by atoms with Crippen LogP contribution in [0, 0.1) is 0 Å². The van der Waals surface area contributed by atoms with Gasteiger partial charge in [-0.15, -0.1) is 0 Å². The van der Waals surface area contributed by atoms with E-state index in [4.69, 9.17) is 25.3 Å². The van der Waals surface area contributed by atoms with Crippen molar-refractivity contribution in [2.75, 3.05) is 6.54 Å². The highest BCUT2D eigenvalue weighted by molar-refractivity contribution is 7.72. The van der Waals surface area contributed by atoms with Gasteiger partial charge in [-0.1, -0.05) is 25.8 Å². The Labute approximate surface area is 186 Å². The van der Waals surface area contributed by atoms with Crippen molar-refractivity contribution in [3.8, 4) is 0 Å². The van der Waals surface area contributed by atoms with Crippen LogP contribution in [0.2, 0.25) is 0 Å². The minimum absolute atomic E-state index is 0.106. The number of allylic oxidation sites excluding steroid dienone is 1. The monoisotopic (exact) mass is 501 g/mol. The Morgan fingerprint density at radius 3 is 2.16 bits per heavy atom. The second kappa shape index (κ2) is 13.8. The number of hydrogen-bond donors (Lipinski definition) is 8. The smallest absolute Gasteiger partial charge is 0.369 e. The molecule has 13 nitrogen and oxygen atoms in total. The zero-order valence-corrected chi connectivity index (χ0v) is 19.6. The topological polar surface area (TPSA) is 237 Å². The Kier molecular flexibility index (Phi) is 13.2. The average molecular weight is 501 g/mol. The van der Waals surface area contributed by atoms with Crippen LogP contribution in [0.15, 0.2) is 12.2 Å². The molecule has 9 N–H and O–H groups in total. The molecule has 15 heteroatoms. The van der Waals surface area contributed by atoms with Crippen LogP contribution >= 0.6 is 15.2 Å². The van der Waals surface area contributed by atoms with E-state index in [9.17, 15) is 28.6 Å². The van der Waals surface area contributed by atoms with Crippen LogP contribution in [0.25, 0.3) is 0 Å². The third-order valence-corrected chi connectivity index (χ3v) is 8.35. The molecular weight excluding hydrogens is 468 g/mol. The third-order valence-electron chi connectivity index (χ3n) is 4.48. The van der Waals surface area contributed by atoms with Crippen molar-refractivity contribution in [1.29, 1.82) is 0 Å². The summed E-state index contributed by atoms with van der Waals surface area (Å²) in [6, 6.07) is -1.14. The van der Waals surface area contributed by atoms with Crippen LogP contribution in [-0.4, -0.2) is 60.1 Å². The molecule has 0 spiro atoms. The molecule has 3 amide bonds. The summed E-state index contributed by atoms with van der Waals surface area (Å²) in [6.07, 6.45) is 4.83. The van der Waals surface area contributed by atoms with Crippen molar-refractivity contribution in [2.24, 2.45) is 5.73 Å². The number of hydrogen-bond acceptors (Lipinski definition) is 6. The van der Waals surface area contributed by atoms with Crippen LogP contribution in [0.5, 0.6) is 0 Å². The van der Waals surface area contributed by atoms with Gasteiger partial charge in [-0.3, -0.25) is 23.5 Å². The van der Waals surface area contributed by atoms with E-state index in [1.54, 1.807) is 6.08 Å². The molecule has 0 aliphatic carbocycles. The second-order valence-electron chi connectivity index (χ2n) is 7.22. The van der Waals surface area contributed by atoms with Crippen LogP contribution in [0.3, 0.4) is 0 Å². The first-order chi connectivity index (χ1) is 14.7. The Bertz CT molecular complexity index is 740. The molecular formula is C17H33N3O10P2. The Hall–Kier alpha value is -1.59. The maximum Gasteiger partial charge on any atom is 0.369 e. The molecule has 0 saturated heterocycles. The Morgan fingerprint density at radius 2 is 1.66 bits per heavy atom. The molecule has 0 fully saturated rings. The van der Waals surface area contributed by atoms with Crippen molar-refractivity contribution in [3.63, 3.8) is 0 Å². The fraction of sp³-hybridized carbons (Fsp3) is 0.706. The normalized spacial score (nSPS) is 13.7. The van der Waals surface area contributed by atoms with Crippen LogP contribution in [-0.2, 0) is 23.5 Å². The zero-order valence-electron chi connectivity index (χ0n) is 17.8. The van der Waals surface area contributed by atoms with Gasteiger partial charge in [0.25, 0.3) is 5.08 Å². The highest BCUT2D eigenvalue weighted by Crippen LogP contribution is 2.69. The number of aliphatic hydroxyl groups is 1. The van der Waals surface area contributed by atoms with E-state index in [1.807, 2.05) is 6.92 Å². The minimum atomic E-state index is -5.59. The number of carbonyl (C=O) groups is 3. The van der Waals surface area contributed by atoms with Crippen molar-refractivity contribution >= 4 is 32.9 Å². The van der Waals surface area contributed by atoms with Gasteiger partial charge in [-0.05, 0) is 31.8 Å². The first-order valence-electron chi connectivity index (χ1n) is 10.0. The molecule has 0 aliphatic rings. The van der Waals surface area contributed by atoms with Crippen molar-refractivity contribution in [2.45, 2.75) is 69.4 Å². The summed E-state index contributed by atoms with van der Waals surface area (Å²) < 4.78 is 22.6. The lowest BCUT2D eigenvalue weighted by Crippen LogP contribution is -2.47. The fourth-order valence-electron chi connectivity index (χ4n) is 2.60. The molecule has 0 radical (unpaired) electrons. The molecule has 1 unspecified atom stereocenters. The Balaban J connectivity index is 4.91. The van der Waals surface area contributed by atoms with Gasteiger partial charge in [0.05, 0.1) is 0 Å². The Morgan fingerprint density at radius 1 is 1.06 bits per heavy atom. The first-order valence-corrected chi connectivity index (χ1v) is 13.2. The predicted molar refractivity (Wildman–Crippen MR) is 115 cm³/mol. The molecule has 0 bridgehead atoms. The van der Waals surface area contributed by atoms with Gasteiger partial charge in [-0.25, -0.2) is 0 Å². The predicted octanol–water partition coefficient (Wildman–Crippen LogP) is -0.229. The highest BCUT2D eigenvalue weighted by atomic mass is 31.2. The summed E-state index contributed by atoms with van der Waals surface area (Å²) in [7, 11) is -11.2. The molecule has 0 saturated carbocycles. The number of nitrogens with one attached hydrogen (secondary N) is 2. The minimum Gasteiger partial charge on any atom is -0.370 e. The lowest BCUT2D eigenvalue weighted by molar-refractivity contribution is -0.127. The van der Waals surface area contributed by atoms with Gasteiger partial charge in [0, 0.05) is 19.4 Å². The second-order valence-corrected chi connectivity index (χ2v) is 11.2. The summed E-state index contributed by atoms with van der Waals surface area (Å²) in [5.41, 5.74) is 5.08. The van der Waals surface area contributed by atoms with Crippen LogP contribution in [0.4, 0.5) is 0 Å². The summed E-state index contributed by atoms with van der Waals surface area (Å²) in [5, 5.41) is 11.0. The highest BCUT2D eigenvalue weighted by Gasteiger charge is 2.58. The summed E-state index contributed by atoms with van der Waals surface area (Å²) in [5.74, 6) is -2.00. The van der Waals surface area contributed by atoms with E-state index in [-0.39, 0.29) is 19.4 Å². The van der Waals surface area contributed by atoms with Crippen molar-refractivity contribution in [1.82, 2.24) is 10.6 Å². The molecule has 32 heavy (non-hydrogen) atoms. The number of carbonyl (C=O) groups excluding carboxylic acids is 3. The number of amides is 3. The molecule has 0 aromatic carbocycles. The fourth-order valence-corrected chi connectivity index (χ4v) is 4.86. The van der Waals surface area contributed by atoms with Gasteiger partial charge in [-0.2, -0.15) is 0 Å². The van der Waals surface area contributed by atoms with Crippen molar-refractivity contribution in [3.05, 3.63) is 12.2 Å². The maximum absolute atomic E-state index is 12.4. The summed E-state index contributed by atoms with van der Waals surface area (Å²) in [4.78, 5) is 71.8. The van der Waals surface area contributed by atoms with Gasteiger partial charge >= 0.3 is 15.2 Å². The van der Waals surface area contributed by atoms with Crippen LogP contribution in [0.1, 0.15) is 58.3 Å². The largest absolute Gasteiger partial charge is 0.370 e. The molecule has 1 atom stereocenters. The molecule has 0 aromatic heterocycles. The zero-order chi connectivity index (χ0) is 25.0. The average Bonchev–Trinajstić information content (AvgIpc) is 2.65. The van der Waals surface area contributed by atoms with E-state index < -0.39 is 56.9 Å². The van der Waals surface area contributed by atoms with Gasteiger partial charge in [0.15, 0.2) is 0 Å².